The van der Waals surface area contributed by atoms with Crippen LogP contribution in [-0.2, 0) is 52.6 Å². The van der Waals surface area contributed by atoms with Crippen molar-refractivity contribution in [3.63, 3.8) is 0 Å². The number of aliphatic hydroxyl groups is 6. The second-order valence-corrected chi connectivity index (χ2v) is 26.5. The number of amides is 6. The van der Waals surface area contributed by atoms with Crippen molar-refractivity contribution >= 4 is 70.6 Å². The molecule has 5 aromatic carbocycles. The molecule has 2 saturated heterocycles. The molecule has 542 valence electrons. The van der Waals surface area contributed by atoms with Crippen molar-refractivity contribution in [1.29, 1.82) is 0 Å². The number of aliphatic hydroxyl groups excluding tert-OH is 6. The number of carboxylic acid groups (broad SMARTS) is 2. The predicted molar refractivity (Wildman–Crippen MR) is 348 cm³/mol. The number of phenols is 3. The zero-order valence-electron chi connectivity index (χ0n) is 54.2. The predicted octanol–water partition coefficient (Wildman–Crippen LogP) is 0.706. The van der Waals surface area contributed by atoms with Crippen molar-refractivity contribution < 1.29 is 123 Å². The molecule has 7 aliphatic rings. The van der Waals surface area contributed by atoms with Crippen LogP contribution in [0.3, 0.4) is 0 Å². The molecule has 33 nitrogen and oxygen atoms in total. The van der Waals surface area contributed by atoms with E-state index in [-0.39, 0.29) is 41.2 Å². The van der Waals surface area contributed by atoms with Crippen LogP contribution < -0.4 is 57.2 Å². The molecule has 0 aliphatic carbocycles. The molecule has 2 fully saturated rings. The number of fused-ring (bicyclic) bond motifs is 16. The number of halogens is 2. The lowest BCUT2D eigenvalue weighted by Gasteiger charge is -2.47. The Morgan fingerprint density at radius 2 is 1.32 bits per heavy atom. The van der Waals surface area contributed by atoms with Gasteiger partial charge >= 0.3 is 11.9 Å². The van der Waals surface area contributed by atoms with E-state index in [2.05, 4.69) is 37.2 Å². The molecule has 20 N–H and O–H groups in total. The molecule has 5 aromatic rings. The van der Waals surface area contributed by atoms with Gasteiger partial charge in [0.15, 0.2) is 29.9 Å². The highest BCUT2D eigenvalue weighted by molar-refractivity contribution is 6.32. The first-order chi connectivity index (χ1) is 47.7. The van der Waals surface area contributed by atoms with Gasteiger partial charge in [-0.1, -0.05) is 55.2 Å². The molecule has 11 bridgehead atoms. The summed E-state index contributed by atoms with van der Waals surface area (Å²) in [5.41, 5.74) is 2.21. The third-order valence-corrected chi connectivity index (χ3v) is 18.3. The third-order valence-electron chi connectivity index (χ3n) is 17.8. The summed E-state index contributed by atoms with van der Waals surface area (Å²) < 4.78 is 38.2. The van der Waals surface area contributed by atoms with Gasteiger partial charge in [0.05, 0.1) is 41.3 Å². The molecule has 101 heavy (non-hydrogen) atoms. The summed E-state index contributed by atoms with van der Waals surface area (Å²) in [5, 5.41) is 141. The van der Waals surface area contributed by atoms with Crippen molar-refractivity contribution in [1.82, 2.24) is 37.2 Å². The lowest BCUT2D eigenvalue weighted by molar-refractivity contribution is -0.333. The van der Waals surface area contributed by atoms with E-state index in [1.807, 2.05) is 13.8 Å². The summed E-state index contributed by atoms with van der Waals surface area (Å²) in [5.74, 6) is -16.7. The number of nitrogens with two attached hydrogens (primary N) is 1. The summed E-state index contributed by atoms with van der Waals surface area (Å²) in [6.45, 7) is 5.63. The fraction of sp³-hybridized carbons (Fsp3) is 0.424. The maximum absolute atomic E-state index is 15.9. The molecule has 6 amide bonds. The maximum Gasteiger partial charge on any atom is 0.330 e. The van der Waals surface area contributed by atoms with Gasteiger partial charge in [0.1, 0.15) is 89.5 Å². The first kappa shape index (κ1) is 74.5. The summed E-state index contributed by atoms with van der Waals surface area (Å²) in [7, 11) is 1.46. The quantitative estimate of drug-likeness (QED) is 0.0817. The Morgan fingerprint density at radius 3 is 1.90 bits per heavy atom. The van der Waals surface area contributed by atoms with E-state index in [1.54, 1.807) is 0 Å². The number of ether oxygens (including phenoxy) is 6. The van der Waals surface area contributed by atoms with Crippen LogP contribution in [0, 0.1) is 5.92 Å². The van der Waals surface area contributed by atoms with Gasteiger partial charge in [-0.15, -0.1) is 0 Å². The van der Waals surface area contributed by atoms with Crippen molar-refractivity contribution in [3.8, 4) is 57.1 Å². The highest BCUT2D eigenvalue weighted by Gasteiger charge is 2.51. The van der Waals surface area contributed by atoms with E-state index in [1.165, 1.54) is 27.0 Å². The number of phenolic OH excluding ortho intramolecular Hbond substituents is 3. The maximum atomic E-state index is 15.9. The SMILES string of the molecule is CN[C@H](CC(C)C)C(=O)NC1C(=O)NC(C(=O)O)CC(=O)N[C@H]2C(=O)N[C@H]3C(=O)N[C@H](C(=O)NC(C(=O)O)c4cc(O)cc(O)c4-c4cc3ccc4O)[C@H](O)c3ccc(c(Cl)c3)Oc3cc2cc(c3OC2OC(CO)C(O)C(O)C2OC2CC(C)(N)C(O)C(C)O2)Oc2ccc(cc2Cl)[C@H]1O. The summed E-state index contributed by atoms with van der Waals surface area (Å²) in [6, 6.07) is -0.942. The number of carbonyl (C=O) groups is 8. The number of hydrogen-bond donors (Lipinski definition) is 19. The van der Waals surface area contributed by atoms with E-state index in [4.69, 9.17) is 57.4 Å². The smallest absolute Gasteiger partial charge is 0.330 e. The Balaban J connectivity index is 1.23. The first-order valence-corrected chi connectivity index (χ1v) is 32.3. The van der Waals surface area contributed by atoms with Gasteiger partial charge in [-0.25, -0.2) is 9.59 Å². The fourth-order valence-electron chi connectivity index (χ4n) is 12.4. The topological polar surface area (TPSA) is 525 Å². The molecule has 0 aromatic heterocycles. The second-order valence-electron chi connectivity index (χ2n) is 25.6. The molecule has 12 rings (SSSR count). The minimum absolute atomic E-state index is 0.0991. The number of likely N-dealkylation sites (N-methyl/N-ethyl adjacent to an activating group) is 1. The van der Waals surface area contributed by atoms with Gasteiger partial charge in [0.25, 0.3) is 0 Å². The minimum Gasteiger partial charge on any atom is -0.508 e. The number of benzene rings is 5. The van der Waals surface area contributed by atoms with Crippen molar-refractivity contribution in [2.24, 2.45) is 11.7 Å². The lowest BCUT2D eigenvalue weighted by atomic mass is 9.86. The Hall–Kier alpha value is -9.20. The number of carboxylic acids is 2. The van der Waals surface area contributed by atoms with Crippen molar-refractivity contribution in [3.05, 3.63) is 117 Å². The van der Waals surface area contributed by atoms with Crippen LogP contribution in [-0.4, -0.2) is 196 Å². The van der Waals surface area contributed by atoms with Crippen LogP contribution in [0.1, 0.15) is 105 Å². The van der Waals surface area contributed by atoms with Gasteiger partial charge in [0.2, 0.25) is 47.5 Å². The summed E-state index contributed by atoms with van der Waals surface area (Å²) in [6.07, 6.45) is -18.8. The molecule has 0 radical (unpaired) electrons. The van der Waals surface area contributed by atoms with Crippen LogP contribution in [0.5, 0.6) is 46.0 Å². The third kappa shape index (κ3) is 15.8. The Morgan fingerprint density at radius 1 is 0.703 bits per heavy atom. The summed E-state index contributed by atoms with van der Waals surface area (Å²) >= 11 is 14.1. The number of rotatable bonds is 12. The van der Waals surface area contributed by atoms with E-state index in [0.29, 0.717) is 0 Å². The molecule has 0 saturated carbocycles. The van der Waals surface area contributed by atoms with E-state index in [9.17, 15) is 84.9 Å². The van der Waals surface area contributed by atoms with Gasteiger partial charge in [-0.05, 0) is 110 Å². The molecule has 35 heteroatoms. The number of aliphatic carboxylic acids is 2. The number of aromatic hydroxyl groups is 3. The van der Waals surface area contributed by atoms with Crippen LogP contribution >= 0.6 is 23.2 Å². The zero-order chi connectivity index (χ0) is 73.5. The average molecular weight is 1450 g/mol. The van der Waals surface area contributed by atoms with Gasteiger partial charge in [-0.3, -0.25) is 28.8 Å². The monoisotopic (exact) mass is 1450 g/mol. The Labute approximate surface area is 583 Å². The Kier molecular flexibility index (Phi) is 22.2. The van der Waals surface area contributed by atoms with Gasteiger partial charge in [-0.2, -0.15) is 0 Å². The highest BCUT2D eigenvalue weighted by atomic mass is 35.5. The minimum atomic E-state index is -2.32. The van der Waals surface area contributed by atoms with Gasteiger partial charge in [0, 0.05) is 34.7 Å². The molecular formula is C66H74Cl2N8O25. The molecule has 7 heterocycles. The normalized spacial score (nSPS) is 29.6. The van der Waals surface area contributed by atoms with Crippen LogP contribution in [0.4, 0.5) is 0 Å². The zero-order valence-corrected chi connectivity index (χ0v) is 55.7. The largest absolute Gasteiger partial charge is 0.508 e. The second kappa shape index (κ2) is 30.2. The van der Waals surface area contributed by atoms with Crippen LogP contribution in [0.25, 0.3) is 11.1 Å². The van der Waals surface area contributed by atoms with Crippen molar-refractivity contribution in [2.75, 3.05) is 13.7 Å². The molecule has 7 aliphatic heterocycles. The Bertz CT molecular complexity index is 4070. The molecule has 12 unspecified atom stereocenters. The number of nitrogens with one attached hydrogen (secondary N) is 7. The van der Waals surface area contributed by atoms with E-state index >= 15 is 9.59 Å². The van der Waals surface area contributed by atoms with Gasteiger partial charge < -0.3 is 128 Å². The number of carbonyl (C=O) groups excluding carboxylic acids is 6. The van der Waals surface area contributed by atoms with E-state index in [0.717, 1.165) is 72.8 Å². The summed E-state index contributed by atoms with van der Waals surface area (Å²) in [4.78, 5) is 116. The lowest BCUT2D eigenvalue weighted by Crippen LogP contribution is -2.64. The first-order valence-electron chi connectivity index (χ1n) is 31.6. The molecule has 18 atom stereocenters. The highest BCUT2D eigenvalue weighted by Crippen LogP contribution is 2.50. The van der Waals surface area contributed by atoms with Crippen LogP contribution in [0.2, 0.25) is 10.0 Å². The standard InChI is InChI=1S/C66H74Cl2N8O25/c1-23(2)12-34(70-5)58(87)75-49-51(82)26-7-10-38(32(67)14-26)97-40-16-28-17-41(55(40)101-65-56(54(85)53(84)42(22-77)99-65)100-44-21-66(4,69)57(86)24(3)96-44)98-39-11-8-27(15-33(39)68)52(83)50-62(91)74-48(64(94)95)31-18-29(78)19-37(80)45(31)30-13-25(6-9-36(30)79)46(59(88)76-50)73-60(89)47(28)72-43(81)20-35(63(92)93)71-61(49)90/h6-11,13-19,23-24,34-35,42,44,46-54,56-57,65,70,77-80,82-86H,12,20-22,69H2,1-5H3,(H,71,90)(H,72,81)(H,73,89)(H,74,91)(H,75,87)(H,76,88)(H,92,93)(H,94,95)/t24?,34-,35?,42?,44?,46-,47-,48?,49?,50+,51-,52-,53?,54?,56?,57?,65?,66?/m1/s1. The number of hydrogen-bond acceptors (Lipinski definition) is 25. The van der Waals surface area contributed by atoms with E-state index < -0.39 is 242 Å². The average Bonchev–Trinajstić information content (AvgIpc) is 0.953. The fourth-order valence-corrected chi connectivity index (χ4v) is 12.9. The van der Waals surface area contributed by atoms with Crippen molar-refractivity contribution in [2.45, 2.75) is 156 Å². The van der Waals surface area contributed by atoms with Crippen LogP contribution in [0.15, 0.2) is 78.9 Å². The molecule has 0 spiro atoms. The molecular weight excluding hydrogens is 1380 g/mol.